The maximum absolute atomic E-state index is 12.4. The van der Waals surface area contributed by atoms with Crippen molar-refractivity contribution in [3.05, 3.63) is 29.7 Å². The third-order valence-electron chi connectivity index (χ3n) is 5.22. The third-order valence-corrected chi connectivity index (χ3v) is 5.22. The van der Waals surface area contributed by atoms with E-state index in [2.05, 4.69) is 10.3 Å². The molecule has 0 aliphatic heterocycles. The molecule has 0 spiro atoms. The van der Waals surface area contributed by atoms with E-state index in [1.807, 2.05) is 6.07 Å². The monoisotopic (exact) mass is 400 g/mol. The standard InChI is InChI=1S/C22H28N2O5/c1-14-18(12-17(25)13-21(26)23-16-7-5-4-6-8-16)24-22(29-14)15-9-10-19(27-2)20(11-15)28-3/h9-11,16H,4-8,12-13H2,1-3H3,(H,23,26). The van der Waals surface area contributed by atoms with Crippen LogP contribution >= 0.6 is 0 Å². The van der Waals surface area contributed by atoms with Crippen LogP contribution in [0.15, 0.2) is 22.6 Å². The van der Waals surface area contributed by atoms with Gasteiger partial charge in [0.2, 0.25) is 11.8 Å². The fourth-order valence-electron chi connectivity index (χ4n) is 3.64. The summed E-state index contributed by atoms with van der Waals surface area (Å²) < 4.78 is 16.3. The predicted octanol–water partition coefficient (Wildman–Crippen LogP) is 3.62. The molecule has 1 saturated carbocycles. The van der Waals surface area contributed by atoms with Gasteiger partial charge in [0, 0.05) is 11.6 Å². The van der Waals surface area contributed by atoms with Crippen LogP contribution < -0.4 is 14.8 Å². The number of ketones is 1. The van der Waals surface area contributed by atoms with Crippen molar-refractivity contribution in [2.24, 2.45) is 0 Å². The topological polar surface area (TPSA) is 90.7 Å². The number of rotatable bonds is 8. The Balaban J connectivity index is 1.62. The lowest BCUT2D eigenvalue weighted by molar-refractivity contribution is -0.128. The number of nitrogens with one attached hydrogen (secondary N) is 1. The molecule has 1 aromatic carbocycles. The van der Waals surface area contributed by atoms with Crippen molar-refractivity contribution in [3.8, 4) is 23.0 Å². The smallest absolute Gasteiger partial charge is 0.227 e. The van der Waals surface area contributed by atoms with Crippen molar-refractivity contribution in [2.45, 2.75) is 57.9 Å². The van der Waals surface area contributed by atoms with Crippen LogP contribution in [0.1, 0.15) is 50.0 Å². The highest BCUT2D eigenvalue weighted by atomic mass is 16.5. The average Bonchev–Trinajstić information content (AvgIpc) is 3.08. The lowest BCUT2D eigenvalue weighted by Crippen LogP contribution is -2.37. The first-order valence-corrected chi connectivity index (χ1v) is 10.00. The minimum atomic E-state index is -0.205. The Kier molecular flexibility index (Phi) is 6.90. The summed E-state index contributed by atoms with van der Waals surface area (Å²) in [5.41, 5.74) is 1.27. The van der Waals surface area contributed by atoms with Crippen LogP contribution in [-0.4, -0.2) is 36.9 Å². The first-order chi connectivity index (χ1) is 14.0. The summed E-state index contributed by atoms with van der Waals surface area (Å²) in [6.07, 6.45) is 5.42. The molecule has 156 valence electrons. The molecule has 0 unspecified atom stereocenters. The van der Waals surface area contributed by atoms with Crippen LogP contribution in [0.4, 0.5) is 0 Å². The number of amides is 1. The van der Waals surface area contributed by atoms with Crippen molar-refractivity contribution in [3.63, 3.8) is 0 Å². The Labute approximate surface area is 170 Å². The predicted molar refractivity (Wildman–Crippen MR) is 108 cm³/mol. The largest absolute Gasteiger partial charge is 0.493 e. The second-order valence-electron chi connectivity index (χ2n) is 7.39. The maximum Gasteiger partial charge on any atom is 0.227 e. The maximum atomic E-state index is 12.4. The Morgan fingerprint density at radius 1 is 1.14 bits per heavy atom. The number of oxazole rings is 1. The van der Waals surface area contributed by atoms with E-state index in [0.717, 1.165) is 31.2 Å². The fraction of sp³-hybridized carbons (Fsp3) is 0.500. The van der Waals surface area contributed by atoms with Gasteiger partial charge in [-0.1, -0.05) is 19.3 Å². The lowest BCUT2D eigenvalue weighted by Gasteiger charge is -2.22. The number of hydrogen-bond acceptors (Lipinski definition) is 6. The van der Waals surface area contributed by atoms with E-state index in [1.54, 1.807) is 33.3 Å². The summed E-state index contributed by atoms with van der Waals surface area (Å²) >= 11 is 0. The summed E-state index contributed by atoms with van der Waals surface area (Å²) in [4.78, 5) is 29.0. The van der Waals surface area contributed by atoms with Crippen LogP contribution in [0.5, 0.6) is 11.5 Å². The second kappa shape index (κ2) is 9.58. The average molecular weight is 400 g/mol. The number of aryl methyl sites for hydroxylation is 1. The highest BCUT2D eigenvalue weighted by molar-refractivity contribution is 5.98. The highest BCUT2D eigenvalue weighted by Gasteiger charge is 2.20. The number of nitrogens with zero attached hydrogens (tertiary/aromatic N) is 1. The first kappa shape index (κ1) is 20.9. The molecule has 7 nitrogen and oxygen atoms in total. The van der Waals surface area contributed by atoms with E-state index in [9.17, 15) is 9.59 Å². The minimum absolute atomic E-state index is 0.0701. The number of methoxy groups -OCH3 is 2. The van der Waals surface area contributed by atoms with Crippen LogP contribution in [0.25, 0.3) is 11.5 Å². The lowest BCUT2D eigenvalue weighted by atomic mass is 9.95. The summed E-state index contributed by atoms with van der Waals surface area (Å²) in [6, 6.07) is 5.56. The minimum Gasteiger partial charge on any atom is -0.493 e. The second-order valence-corrected chi connectivity index (χ2v) is 7.39. The van der Waals surface area contributed by atoms with Crippen LogP contribution in [0.3, 0.4) is 0 Å². The number of benzene rings is 1. The molecule has 0 atom stereocenters. The van der Waals surface area contributed by atoms with Crippen LogP contribution in [0.2, 0.25) is 0 Å². The molecule has 1 aliphatic carbocycles. The van der Waals surface area contributed by atoms with Gasteiger partial charge in [0.05, 0.1) is 32.8 Å². The van der Waals surface area contributed by atoms with E-state index in [0.29, 0.717) is 28.8 Å². The van der Waals surface area contributed by atoms with Gasteiger partial charge in [-0.3, -0.25) is 9.59 Å². The zero-order chi connectivity index (χ0) is 20.8. The van der Waals surface area contributed by atoms with Crippen LogP contribution in [0, 0.1) is 6.92 Å². The molecule has 1 amide bonds. The SMILES string of the molecule is COc1ccc(-c2nc(CC(=O)CC(=O)NC3CCCCC3)c(C)o2)cc1OC. The zero-order valence-electron chi connectivity index (χ0n) is 17.2. The number of aromatic nitrogens is 1. The van der Waals surface area contributed by atoms with E-state index in [1.165, 1.54) is 6.42 Å². The van der Waals surface area contributed by atoms with E-state index in [4.69, 9.17) is 13.9 Å². The molecule has 3 rings (SSSR count). The zero-order valence-corrected chi connectivity index (χ0v) is 17.2. The number of Topliss-reactive ketones (excluding diaryl/α,β-unsaturated/α-hetero) is 1. The molecule has 1 aliphatic rings. The van der Waals surface area contributed by atoms with Crippen molar-refractivity contribution < 1.29 is 23.5 Å². The molecule has 0 bridgehead atoms. The number of carbonyl (C=O) groups is 2. The van der Waals surface area contributed by atoms with Gasteiger partial charge in [0.25, 0.3) is 0 Å². The Bertz CT molecular complexity index is 868. The van der Waals surface area contributed by atoms with Crippen molar-refractivity contribution in [1.29, 1.82) is 0 Å². The van der Waals surface area contributed by atoms with Gasteiger partial charge in [-0.05, 0) is 38.0 Å². The summed E-state index contributed by atoms with van der Waals surface area (Å²) in [6.45, 7) is 1.77. The number of ether oxygens (including phenoxy) is 2. The molecule has 29 heavy (non-hydrogen) atoms. The third kappa shape index (κ3) is 5.37. The molecule has 0 saturated heterocycles. The molecule has 1 fully saturated rings. The van der Waals surface area contributed by atoms with Gasteiger partial charge in [0.1, 0.15) is 11.5 Å². The number of carbonyl (C=O) groups excluding carboxylic acids is 2. The van der Waals surface area contributed by atoms with Gasteiger partial charge < -0.3 is 19.2 Å². The van der Waals surface area contributed by atoms with Crippen molar-refractivity contribution in [2.75, 3.05) is 14.2 Å². The summed E-state index contributed by atoms with van der Waals surface area (Å²) in [5, 5.41) is 2.98. The molecule has 0 radical (unpaired) electrons. The van der Waals surface area contributed by atoms with Crippen molar-refractivity contribution >= 4 is 11.7 Å². The van der Waals surface area contributed by atoms with Gasteiger partial charge in [-0.25, -0.2) is 4.98 Å². The first-order valence-electron chi connectivity index (χ1n) is 10.00. The van der Waals surface area contributed by atoms with Gasteiger partial charge >= 0.3 is 0 Å². The van der Waals surface area contributed by atoms with E-state index >= 15 is 0 Å². The van der Waals surface area contributed by atoms with Gasteiger partial charge in [-0.2, -0.15) is 0 Å². The molecule has 1 aromatic heterocycles. The normalized spacial score (nSPS) is 14.4. The summed E-state index contributed by atoms with van der Waals surface area (Å²) in [5.74, 6) is 1.77. The fourth-order valence-corrected chi connectivity index (χ4v) is 3.64. The van der Waals surface area contributed by atoms with E-state index in [-0.39, 0.29) is 30.6 Å². The van der Waals surface area contributed by atoms with Gasteiger partial charge in [0.15, 0.2) is 11.5 Å². The molecule has 7 heteroatoms. The van der Waals surface area contributed by atoms with E-state index < -0.39 is 0 Å². The summed E-state index contributed by atoms with van der Waals surface area (Å²) in [7, 11) is 3.13. The quantitative estimate of drug-likeness (QED) is 0.681. The highest BCUT2D eigenvalue weighted by Crippen LogP contribution is 2.32. The molecule has 1 heterocycles. The molecular weight excluding hydrogens is 372 g/mol. The van der Waals surface area contributed by atoms with Crippen molar-refractivity contribution in [1.82, 2.24) is 10.3 Å². The number of hydrogen-bond donors (Lipinski definition) is 1. The molecule has 1 N–H and O–H groups in total. The van der Waals surface area contributed by atoms with Crippen LogP contribution in [-0.2, 0) is 16.0 Å². The molecular formula is C22H28N2O5. The molecule has 2 aromatic rings. The Morgan fingerprint density at radius 3 is 2.55 bits per heavy atom. The Hall–Kier alpha value is -2.83. The Morgan fingerprint density at radius 2 is 1.86 bits per heavy atom. The van der Waals surface area contributed by atoms with Gasteiger partial charge in [-0.15, -0.1) is 0 Å².